The van der Waals surface area contributed by atoms with E-state index in [1.54, 1.807) is 24.3 Å². The van der Waals surface area contributed by atoms with Gasteiger partial charge < -0.3 is 11.5 Å². The first-order valence-corrected chi connectivity index (χ1v) is 8.77. The average molecular weight is 362 g/mol. The second-order valence-corrected chi connectivity index (χ2v) is 6.84. The highest BCUT2D eigenvalue weighted by Crippen LogP contribution is 2.36. The van der Waals surface area contributed by atoms with Crippen molar-refractivity contribution in [2.45, 2.75) is 9.92 Å². The van der Waals surface area contributed by atoms with Gasteiger partial charge in [-0.3, -0.25) is 0 Å². The highest BCUT2D eigenvalue weighted by atomic mass is 32.2. The third kappa shape index (κ3) is 3.19. The Morgan fingerprint density at radius 2 is 1.58 bits per heavy atom. The van der Waals surface area contributed by atoms with Crippen LogP contribution in [0.4, 0.5) is 15.8 Å². The summed E-state index contributed by atoms with van der Waals surface area (Å²) >= 11 is 1.42. The summed E-state index contributed by atoms with van der Waals surface area (Å²) in [6.45, 7) is 0. The standard InChI is InChI=1S/C20H15FN4S/c21-13-6-8-15(9-7-13)26-20-18(12-4-2-1-3-5-12)25-19-16(23)10-14(22)11-17(19)24-20/h1-11H,22-23H2. The summed E-state index contributed by atoms with van der Waals surface area (Å²) in [5.74, 6) is -0.275. The van der Waals surface area contributed by atoms with Gasteiger partial charge in [0.15, 0.2) is 0 Å². The van der Waals surface area contributed by atoms with Gasteiger partial charge in [0.05, 0.1) is 11.2 Å². The number of nitrogens with two attached hydrogens (primary N) is 2. The SMILES string of the molecule is Nc1cc(N)c2nc(-c3ccccc3)c(Sc3ccc(F)cc3)nc2c1. The van der Waals surface area contributed by atoms with Gasteiger partial charge in [-0.1, -0.05) is 42.1 Å². The maximum atomic E-state index is 13.2. The van der Waals surface area contributed by atoms with Crippen LogP contribution in [-0.2, 0) is 0 Å². The number of fused-ring (bicyclic) bond motifs is 1. The number of aromatic nitrogens is 2. The van der Waals surface area contributed by atoms with E-state index in [9.17, 15) is 4.39 Å². The van der Waals surface area contributed by atoms with E-state index in [-0.39, 0.29) is 5.82 Å². The molecule has 0 aliphatic heterocycles. The van der Waals surface area contributed by atoms with Gasteiger partial charge in [-0.15, -0.1) is 0 Å². The molecule has 6 heteroatoms. The number of rotatable bonds is 3. The van der Waals surface area contributed by atoms with Crippen molar-refractivity contribution in [3.63, 3.8) is 0 Å². The minimum absolute atomic E-state index is 0.275. The average Bonchev–Trinajstić information content (AvgIpc) is 2.64. The Bertz CT molecular complexity index is 1080. The third-order valence-corrected chi connectivity index (χ3v) is 4.85. The van der Waals surface area contributed by atoms with E-state index >= 15 is 0 Å². The van der Waals surface area contributed by atoms with Gasteiger partial charge in [0.25, 0.3) is 0 Å². The predicted octanol–water partition coefficient (Wildman–Crippen LogP) is 4.75. The Labute approximate surface area is 154 Å². The molecule has 0 fully saturated rings. The molecule has 4 N–H and O–H groups in total. The van der Waals surface area contributed by atoms with Crippen LogP contribution >= 0.6 is 11.8 Å². The van der Waals surface area contributed by atoms with Crippen molar-refractivity contribution in [2.75, 3.05) is 11.5 Å². The Hall–Kier alpha value is -3.12. The molecule has 128 valence electrons. The van der Waals surface area contributed by atoms with Gasteiger partial charge >= 0.3 is 0 Å². The first-order valence-electron chi connectivity index (χ1n) is 7.96. The van der Waals surface area contributed by atoms with E-state index in [2.05, 4.69) is 0 Å². The van der Waals surface area contributed by atoms with Crippen LogP contribution in [0.5, 0.6) is 0 Å². The molecule has 1 aromatic heterocycles. The predicted molar refractivity (Wildman–Crippen MR) is 104 cm³/mol. The summed E-state index contributed by atoms with van der Waals surface area (Å²) in [6, 6.07) is 19.5. The molecule has 0 aliphatic carbocycles. The van der Waals surface area contributed by atoms with Crippen LogP contribution in [0.1, 0.15) is 0 Å². The van der Waals surface area contributed by atoms with Crippen LogP contribution in [0.25, 0.3) is 22.3 Å². The van der Waals surface area contributed by atoms with Crippen LogP contribution in [0, 0.1) is 5.82 Å². The van der Waals surface area contributed by atoms with Gasteiger partial charge in [-0.05, 0) is 36.4 Å². The van der Waals surface area contributed by atoms with E-state index < -0.39 is 0 Å². The smallest absolute Gasteiger partial charge is 0.128 e. The van der Waals surface area contributed by atoms with Gasteiger partial charge in [0.1, 0.15) is 22.1 Å². The van der Waals surface area contributed by atoms with Gasteiger partial charge in [-0.25, -0.2) is 14.4 Å². The Morgan fingerprint density at radius 1 is 0.846 bits per heavy atom. The number of nitrogens with zero attached hydrogens (tertiary/aromatic N) is 2. The van der Waals surface area contributed by atoms with E-state index in [0.717, 1.165) is 16.2 Å². The fraction of sp³-hybridized carbons (Fsp3) is 0. The maximum Gasteiger partial charge on any atom is 0.128 e. The number of halogens is 1. The summed E-state index contributed by atoms with van der Waals surface area (Å²) in [7, 11) is 0. The Morgan fingerprint density at radius 3 is 2.31 bits per heavy atom. The maximum absolute atomic E-state index is 13.2. The summed E-state index contributed by atoms with van der Waals surface area (Å²) in [6.07, 6.45) is 0. The lowest BCUT2D eigenvalue weighted by molar-refractivity contribution is 0.626. The number of nitrogen functional groups attached to an aromatic ring is 2. The van der Waals surface area contributed by atoms with Crippen LogP contribution in [0.3, 0.4) is 0 Å². The second-order valence-electron chi connectivity index (χ2n) is 5.78. The normalized spacial score (nSPS) is 11.0. The zero-order chi connectivity index (χ0) is 18.1. The molecular formula is C20H15FN4S. The lowest BCUT2D eigenvalue weighted by Crippen LogP contribution is -1.99. The quantitative estimate of drug-likeness (QED) is 0.514. The van der Waals surface area contributed by atoms with Crippen molar-refractivity contribution in [2.24, 2.45) is 0 Å². The van der Waals surface area contributed by atoms with Crippen LogP contribution in [-0.4, -0.2) is 9.97 Å². The number of anilines is 2. The van der Waals surface area contributed by atoms with E-state index in [4.69, 9.17) is 21.4 Å². The first kappa shape index (κ1) is 16.4. The zero-order valence-electron chi connectivity index (χ0n) is 13.7. The molecule has 4 aromatic rings. The number of hydrogen-bond donors (Lipinski definition) is 2. The molecule has 0 aliphatic rings. The molecule has 1 heterocycles. The lowest BCUT2D eigenvalue weighted by atomic mass is 10.1. The highest BCUT2D eigenvalue weighted by Gasteiger charge is 2.14. The Balaban J connectivity index is 1.91. The molecule has 0 radical (unpaired) electrons. The van der Waals surface area contributed by atoms with Crippen LogP contribution in [0.15, 0.2) is 76.7 Å². The molecule has 0 bridgehead atoms. The van der Waals surface area contributed by atoms with Crippen molar-refractivity contribution < 1.29 is 4.39 Å². The fourth-order valence-electron chi connectivity index (χ4n) is 2.66. The van der Waals surface area contributed by atoms with Gasteiger partial charge in [0.2, 0.25) is 0 Å². The van der Waals surface area contributed by atoms with Crippen LogP contribution < -0.4 is 11.5 Å². The van der Waals surface area contributed by atoms with Crippen LogP contribution in [0.2, 0.25) is 0 Å². The first-order chi connectivity index (χ1) is 12.6. The molecule has 0 spiro atoms. The Kier molecular flexibility index (Phi) is 4.18. The lowest BCUT2D eigenvalue weighted by Gasteiger charge is -2.11. The molecule has 0 saturated heterocycles. The molecule has 4 rings (SSSR count). The molecule has 3 aromatic carbocycles. The summed E-state index contributed by atoms with van der Waals surface area (Å²) < 4.78 is 13.2. The molecule has 0 unspecified atom stereocenters. The van der Waals surface area contributed by atoms with Crippen molar-refractivity contribution >= 4 is 34.2 Å². The van der Waals surface area contributed by atoms with Crippen molar-refractivity contribution in [1.29, 1.82) is 0 Å². The van der Waals surface area contributed by atoms with E-state index in [1.165, 1.54) is 23.9 Å². The summed E-state index contributed by atoms with van der Waals surface area (Å²) in [5.41, 5.74) is 15.9. The van der Waals surface area contributed by atoms with Crippen molar-refractivity contribution in [3.05, 3.63) is 72.5 Å². The molecule has 4 nitrogen and oxygen atoms in total. The third-order valence-electron chi connectivity index (χ3n) is 3.87. The minimum Gasteiger partial charge on any atom is -0.399 e. The largest absolute Gasteiger partial charge is 0.399 e. The van der Waals surface area contributed by atoms with Gasteiger partial charge in [-0.2, -0.15) is 0 Å². The van der Waals surface area contributed by atoms with E-state index in [0.29, 0.717) is 27.4 Å². The van der Waals surface area contributed by atoms with E-state index in [1.807, 2.05) is 30.3 Å². The summed E-state index contributed by atoms with van der Waals surface area (Å²) in [4.78, 5) is 10.4. The molecular weight excluding hydrogens is 347 g/mol. The monoisotopic (exact) mass is 362 g/mol. The molecule has 0 amide bonds. The highest BCUT2D eigenvalue weighted by molar-refractivity contribution is 7.99. The second kappa shape index (κ2) is 6.65. The molecule has 26 heavy (non-hydrogen) atoms. The van der Waals surface area contributed by atoms with Crippen molar-refractivity contribution in [1.82, 2.24) is 9.97 Å². The minimum atomic E-state index is -0.275. The fourth-order valence-corrected chi connectivity index (χ4v) is 3.56. The zero-order valence-corrected chi connectivity index (χ0v) is 14.5. The molecule has 0 saturated carbocycles. The van der Waals surface area contributed by atoms with Gasteiger partial charge in [0, 0.05) is 16.1 Å². The summed E-state index contributed by atoms with van der Waals surface area (Å²) in [5, 5.41) is 0.709. The van der Waals surface area contributed by atoms with Crippen molar-refractivity contribution in [3.8, 4) is 11.3 Å². The number of benzene rings is 3. The molecule has 0 atom stereocenters. The topological polar surface area (TPSA) is 77.8 Å². The number of hydrogen-bond acceptors (Lipinski definition) is 5.